The summed E-state index contributed by atoms with van der Waals surface area (Å²) in [5.41, 5.74) is 1.00. The number of hydrogen-bond donors (Lipinski definition) is 0. The van der Waals surface area contributed by atoms with Crippen molar-refractivity contribution in [2.24, 2.45) is 0 Å². The van der Waals surface area contributed by atoms with Crippen LogP contribution in [0.25, 0.3) is 5.82 Å². The molecule has 3 aromatic rings. The van der Waals surface area contributed by atoms with E-state index in [0.29, 0.717) is 26.1 Å². The van der Waals surface area contributed by atoms with Crippen LogP contribution >= 0.6 is 0 Å². The summed E-state index contributed by atoms with van der Waals surface area (Å²) in [6, 6.07) is 11.7. The maximum atomic E-state index is 12.7. The SMILES string of the molecule is CCOc1ccc(CC(=O)N2CCN(c3ccc(-n4ccnc4C)nn3)CC2)cc1. The van der Waals surface area contributed by atoms with Crippen LogP contribution in [0.2, 0.25) is 0 Å². The van der Waals surface area contributed by atoms with Crippen molar-refractivity contribution in [2.75, 3.05) is 37.7 Å². The number of hydrogen-bond acceptors (Lipinski definition) is 6. The van der Waals surface area contributed by atoms with Crippen LogP contribution in [0.4, 0.5) is 5.82 Å². The molecule has 0 aliphatic carbocycles. The Morgan fingerprint density at radius 2 is 1.70 bits per heavy atom. The molecule has 3 heterocycles. The van der Waals surface area contributed by atoms with E-state index in [4.69, 9.17) is 4.74 Å². The Morgan fingerprint density at radius 1 is 1.00 bits per heavy atom. The fourth-order valence-corrected chi connectivity index (χ4v) is 3.58. The average Bonchev–Trinajstić information content (AvgIpc) is 3.21. The molecule has 0 atom stereocenters. The van der Waals surface area contributed by atoms with Crippen molar-refractivity contribution < 1.29 is 9.53 Å². The van der Waals surface area contributed by atoms with Gasteiger partial charge in [0.1, 0.15) is 11.6 Å². The Labute approximate surface area is 176 Å². The minimum Gasteiger partial charge on any atom is -0.494 e. The first-order valence-electron chi connectivity index (χ1n) is 10.2. The fourth-order valence-electron chi connectivity index (χ4n) is 3.58. The molecule has 1 saturated heterocycles. The van der Waals surface area contributed by atoms with Gasteiger partial charge in [-0.05, 0) is 43.7 Å². The number of carbonyl (C=O) groups is 1. The van der Waals surface area contributed by atoms with Gasteiger partial charge >= 0.3 is 0 Å². The highest BCUT2D eigenvalue weighted by Gasteiger charge is 2.22. The van der Waals surface area contributed by atoms with Crippen LogP contribution in [0.15, 0.2) is 48.8 Å². The molecular formula is C22H26N6O2. The van der Waals surface area contributed by atoms with E-state index in [1.165, 1.54) is 0 Å². The third-order valence-electron chi connectivity index (χ3n) is 5.26. The summed E-state index contributed by atoms with van der Waals surface area (Å²) in [6.07, 6.45) is 4.02. The first-order chi connectivity index (χ1) is 14.6. The number of piperazine rings is 1. The van der Waals surface area contributed by atoms with Crippen LogP contribution < -0.4 is 9.64 Å². The second-order valence-corrected chi connectivity index (χ2v) is 7.22. The van der Waals surface area contributed by atoms with Gasteiger partial charge in [-0.2, -0.15) is 0 Å². The number of aromatic nitrogens is 4. The lowest BCUT2D eigenvalue weighted by Crippen LogP contribution is -2.49. The van der Waals surface area contributed by atoms with Crippen molar-refractivity contribution in [3.8, 4) is 11.6 Å². The van der Waals surface area contributed by atoms with Crippen molar-refractivity contribution in [3.05, 3.63) is 60.2 Å². The molecule has 1 amide bonds. The van der Waals surface area contributed by atoms with Gasteiger partial charge in [-0.15, -0.1) is 10.2 Å². The number of carbonyl (C=O) groups excluding carboxylic acids is 1. The topological polar surface area (TPSA) is 76.4 Å². The molecule has 30 heavy (non-hydrogen) atoms. The molecule has 1 fully saturated rings. The van der Waals surface area contributed by atoms with Gasteiger partial charge in [-0.25, -0.2) is 4.98 Å². The number of benzene rings is 1. The Bertz CT molecular complexity index is 976. The van der Waals surface area contributed by atoms with E-state index in [0.717, 1.165) is 41.9 Å². The molecule has 1 aromatic carbocycles. The summed E-state index contributed by atoms with van der Waals surface area (Å²) >= 11 is 0. The molecule has 0 saturated carbocycles. The number of rotatable bonds is 6. The molecule has 0 radical (unpaired) electrons. The molecule has 8 heteroatoms. The minimum absolute atomic E-state index is 0.149. The predicted octanol–water partition coefficient (Wildman–Crippen LogP) is 2.26. The second-order valence-electron chi connectivity index (χ2n) is 7.22. The highest BCUT2D eigenvalue weighted by Crippen LogP contribution is 2.17. The molecule has 8 nitrogen and oxygen atoms in total. The van der Waals surface area contributed by atoms with Gasteiger partial charge in [0.2, 0.25) is 5.91 Å². The Kier molecular flexibility index (Phi) is 5.92. The molecule has 0 N–H and O–H groups in total. The summed E-state index contributed by atoms with van der Waals surface area (Å²) < 4.78 is 7.35. The maximum absolute atomic E-state index is 12.7. The minimum atomic E-state index is 0.149. The van der Waals surface area contributed by atoms with Crippen LogP contribution in [-0.2, 0) is 11.2 Å². The number of nitrogens with zero attached hydrogens (tertiary/aromatic N) is 6. The summed E-state index contributed by atoms with van der Waals surface area (Å²) in [5, 5.41) is 8.70. The van der Waals surface area contributed by atoms with Crippen molar-refractivity contribution in [1.82, 2.24) is 24.6 Å². The van der Waals surface area contributed by atoms with E-state index >= 15 is 0 Å². The Hall–Kier alpha value is -3.42. The summed E-state index contributed by atoms with van der Waals surface area (Å²) in [7, 11) is 0. The number of aryl methyl sites for hydroxylation is 1. The van der Waals surface area contributed by atoms with E-state index in [-0.39, 0.29) is 5.91 Å². The summed E-state index contributed by atoms with van der Waals surface area (Å²) in [5.74, 6) is 3.43. The molecule has 4 rings (SSSR count). The molecule has 0 unspecified atom stereocenters. The van der Waals surface area contributed by atoms with E-state index in [2.05, 4.69) is 20.1 Å². The molecule has 2 aromatic heterocycles. The number of imidazole rings is 1. The van der Waals surface area contributed by atoms with Gasteiger partial charge in [-0.3, -0.25) is 9.36 Å². The van der Waals surface area contributed by atoms with Crippen LogP contribution in [0.3, 0.4) is 0 Å². The van der Waals surface area contributed by atoms with Gasteiger partial charge in [0.15, 0.2) is 11.6 Å². The van der Waals surface area contributed by atoms with Crippen molar-refractivity contribution in [3.63, 3.8) is 0 Å². The molecule has 1 aliphatic heterocycles. The van der Waals surface area contributed by atoms with Crippen LogP contribution in [0, 0.1) is 6.92 Å². The standard InChI is InChI=1S/C22H26N6O2/c1-3-30-19-6-4-18(5-7-19)16-22(29)27-14-12-26(13-15-27)20-8-9-21(25-24-20)28-11-10-23-17(28)2/h4-11H,3,12-16H2,1-2H3. The molecule has 1 aliphatic rings. The largest absolute Gasteiger partial charge is 0.494 e. The van der Waals surface area contributed by atoms with Crippen molar-refractivity contribution in [1.29, 1.82) is 0 Å². The molecule has 0 bridgehead atoms. The first kappa shape index (κ1) is 19.9. The third kappa shape index (κ3) is 4.42. The Balaban J connectivity index is 1.31. The van der Waals surface area contributed by atoms with Crippen LogP contribution in [0.5, 0.6) is 5.75 Å². The normalized spacial score (nSPS) is 14.1. The Morgan fingerprint density at radius 3 is 2.30 bits per heavy atom. The number of anilines is 1. The monoisotopic (exact) mass is 406 g/mol. The molecule has 0 spiro atoms. The van der Waals surface area contributed by atoms with Gasteiger partial charge in [0.05, 0.1) is 13.0 Å². The lowest BCUT2D eigenvalue weighted by molar-refractivity contribution is -0.130. The van der Waals surface area contributed by atoms with E-state index < -0.39 is 0 Å². The fraction of sp³-hybridized carbons (Fsp3) is 0.364. The smallest absolute Gasteiger partial charge is 0.227 e. The third-order valence-corrected chi connectivity index (χ3v) is 5.26. The lowest BCUT2D eigenvalue weighted by atomic mass is 10.1. The van der Waals surface area contributed by atoms with Crippen LogP contribution in [-0.4, -0.2) is 63.3 Å². The number of amides is 1. The maximum Gasteiger partial charge on any atom is 0.227 e. The van der Waals surface area contributed by atoms with Crippen LogP contribution in [0.1, 0.15) is 18.3 Å². The molecule has 156 valence electrons. The van der Waals surface area contributed by atoms with Crippen molar-refractivity contribution in [2.45, 2.75) is 20.3 Å². The average molecular weight is 406 g/mol. The zero-order chi connectivity index (χ0) is 20.9. The van der Waals surface area contributed by atoms with E-state index in [1.54, 1.807) is 6.20 Å². The van der Waals surface area contributed by atoms with E-state index in [1.807, 2.05) is 65.9 Å². The quantitative estimate of drug-likeness (QED) is 0.625. The van der Waals surface area contributed by atoms with Crippen molar-refractivity contribution >= 4 is 11.7 Å². The van der Waals surface area contributed by atoms with Gasteiger partial charge in [0, 0.05) is 38.6 Å². The zero-order valence-electron chi connectivity index (χ0n) is 17.4. The summed E-state index contributed by atoms with van der Waals surface area (Å²) in [6.45, 7) is 7.37. The summed E-state index contributed by atoms with van der Waals surface area (Å²) in [4.78, 5) is 21.0. The highest BCUT2D eigenvalue weighted by molar-refractivity contribution is 5.79. The highest BCUT2D eigenvalue weighted by atomic mass is 16.5. The molecular weight excluding hydrogens is 380 g/mol. The lowest BCUT2D eigenvalue weighted by Gasteiger charge is -2.35. The predicted molar refractivity (Wildman–Crippen MR) is 114 cm³/mol. The second kappa shape index (κ2) is 8.94. The zero-order valence-corrected chi connectivity index (χ0v) is 17.4. The van der Waals surface area contributed by atoms with E-state index in [9.17, 15) is 4.79 Å². The van der Waals surface area contributed by atoms with Gasteiger partial charge in [-0.1, -0.05) is 12.1 Å². The number of ether oxygens (including phenoxy) is 1. The first-order valence-corrected chi connectivity index (χ1v) is 10.2. The van der Waals surface area contributed by atoms with Gasteiger partial charge in [0.25, 0.3) is 0 Å². The van der Waals surface area contributed by atoms with Gasteiger partial charge < -0.3 is 14.5 Å².